The normalized spacial score (nSPS) is 19.0. The highest BCUT2D eigenvalue weighted by molar-refractivity contribution is 5.68. The highest BCUT2D eigenvalue weighted by atomic mass is 16.6. The summed E-state index contributed by atoms with van der Waals surface area (Å²) in [5, 5.41) is 10.9. The summed E-state index contributed by atoms with van der Waals surface area (Å²) in [5.41, 5.74) is 0.646. The second-order valence-corrected chi connectivity index (χ2v) is 4.54. The number of nitro groups is 1. The average Bonchev–Trinajstić information content (AvgIpc) is 2.46. The lowest BCUT2D eigenvalue weighted by Gasteiger charge is -2.34. The Labute approximate surface area is 111 Å². The first kappa shape index (κ1) is 13.3. The molecule has 0 bridgehead atoms. The molecule has 1 aliphatic heterocycles. The van der Waals surface area contributed by atoms with Crippen LogP contribution in [-0.2, 0) is 4.79 Å². The number of nitrogens with zero attached hydrogens (tertiary/aromatic N) is 2. The summed E-state index contributed by atoms with van der Waals surface area (Å²) >= 11 is 0. The Balaban J connectivity index is 2.39. The monoisotopic (exact) mass is 264 g/mol. The van der Waals surface area contributed by atoms with Crippen molar-refractivity contribution in [3.05, 3.63) is 28.3 Å². The van der Waals surface area contributed by atoms with Gasteiger partial charge in [0.15, 0.2) is 0 Å². The number of rotatable bonds is 4. The lowest BCUT2D eigenvalue weighted by molar-refractivity contribution is -0.384. The molecule has 102 valence electrons. The summed E-state index contributed by atoms with van der Waals surface area (Å²) in [6, 6.07) is 4.39. The van der Waals surface area contributed by atoms with Crippen molar-refractivity contribution in [2.45, 2.75) is 25.3 Å². The Bertz CT molecular complexity index is 490. The number of aldehydes is 1. The van der Waals surface area contributed by atoms with Crippen molar-refractivity contribution >= 4 is 17.7 Å². The number of carbonyl (C=O) groups excluding carboxylic acids is 1. The molecule has 0 spiro atoms. The molecular weight excluding hydrogens is 248 g/mol. The molecule has 1 saturated heterocycles. The fourth-order valence-electron chi connectivity index (χ4n) is 2.38. The van der Waals surface area contributed by atoms with E-state index in [1.54, 1.807) is 6.07 Å². The Hall–Kier alpha value is -2.11. The van der Waals surface area contributed by atoms with Crippen LogP contribution in [0.2, 0.25) is 0 Å². The summed E-state index contributed by atoms with van der Waals surface area (Å²) in [4.78, 5) is 23.5. The largest absolute Gasteiger partial charge is 0.496 e. The number of nitro benzene ring substituents is 1. The third-order valence-corrected chi connectivity index (χ3v) is 3.36. The van der Waals surface area contributed by atoms with E-state index < -0.39 is 4.92 Å². The van der Waals surface area contributed by atoms with Crippen LogP contribution in [0.4, 0.5) is 11.4 Å². The number of hydrogen-bond donors (Lipinski definition) is 0. The predicted octanol–water partition coefficient (Wildman–Crippen LogP) is 2.16. The van der Waals surface area contributed by atoms with Crippen molar-refractivity contribution in [1.29, 1.82) is 0 Å². The summed E-state index contributed by atoms with van der Waals surface area (Å²) in [7, 11) is 1.47. The maximum Gasteiger partial charge on any atom is 0.275 e. The van der Waals surface area contributed by atoms with Gasteiger partial charge in [-0.1, -0.05) is 0 Å². The van der Waals surface area contributed by atoms with Crippen LogP contribution in [0.25, 0.3) is 0 Å². The minimum Gasteiger partial charge on any atom is -0.496 e. The zero-order valence-electron chi connectivity index (χ0n) is 10.7. The van der Waals surface area contributed by atoms with Gasteiger partial charge in [0.05, 0.1) is 24.1 Å². The molecule has 0 N–H and O–H groups in total. The first-order valence-electron chi connectivity index (χ1n) is 6.21. The molecule has 1 heterocycles. The number of ether oxygens (including phenoxy) is 1. The summed E-state index contributed by atoms with van der Waals surface area (Å²) < 4.78 is 5.09. The highest BCUT2D eigenvalue weighted by Crippen LogP contribution is 2.31. The summed E-state index contributed by atoms with van der Waals surface area (Å²) in [6.07, 6.45) is 3.68. The van der Waals surface area contributed by atoms with Crippen molar-refractivity contribution in [2.24, 2.45) is 0 Å². The third-order valence-electron chi connectivity index (χ3n) is 3.36. The average molecular weight is 264 g/mol. The van der Waals surface area contributed by atoms with E-state index in [2.05, 4.69) is 0 Å². The van der Waals surface area contributed by atoms with Gasteiger partial charge in [0.1, 0.15) is 12.0 Å². The van der Waals surface area contributed by atoms with Crippen LogP contribution in [0.15, 0.2) is 18.2 Å². The van der Waals surface area contributed by atoms with Gasteiger partial charge in [-0.05, 0) is 19.3 Å². The molecule has 0 saturated carbocycles. The summed E-state index contributed by atoms with van der Waals surface area (Å²) in [5.74, 6) is 0.430. The van der Waals surface area contributed by atoms with Crippen molar-refractivity contribution in [1.82, 2.24) is 0 Å². The minimum atomic E-state index is -0.452. The van der Waals surface area contributed by atoms with Crippen molar-refractivity contribution < 1.29 is 14.5 Å². The number of hydrogen-bond acceptors (Lipinski definition) is 5. The molecule has 0 aromatic heterocycles. The smallest absolute Gasteiger partial charge is 0.275 e. The molecule has 1 aliphatic rings. The maximum atomic E-state index is 11.1. The first-order chi connectivity index (χ1) is 9.15. The van der Waals surface area contributed by atoms with E-state index in [0.29, 0.717) is 11.4 Å². The highest BCUT2D eigenvalue weighted by Gasteiger charge is 2.24. The lowest BCUT2D eigenvalue weighted by Crippen LogP contribution is -2.40. The molecule has 6 heteroatoms. The molecule has 1 unspecified atom stereocenters. The van der Waals surface area contributed by atoms with Gasteiger partial charge in [-0.15, -0.1) is 0 Å². The number of piperidine rings is 1. The van der Waals surface area contributed by atoms with Crippen LogP contribution in [0, 0.1) is 10.1 Å². The van der Waals surface area contributed by atoms with Crippen LogP contribution < -0.4 is 9.64 Å². The Morgan fingerprint density at radius 1 is 1.42 bits per heavy atom. The zero-order chi connectivity index (χ0) is 13.8. The molecule has 0 radical (unpaired) electrons. The van der Waals surface area contributed by atoms with Crippen LogP contribution in [0.1, 0.15) is 19.3 Å². The molecule has 0 amide bonds. The first-order valence-corrected chi connectivity index (χ1v) is 6.21. The number of benzene rings is 1. The Kier molecular flexibility index (Phi) is 3.99. The van der Waals surface area contributed by atoms with E-state index in [0.717, 1.165) is 32.1 Å². The standard InChI is InChI=1S/C13H16N2O4/c1-19-13-7-11(6-12(8-13)15(17)18)14-5-3-2-4-10(14)9-16/h6-10H,2-5H2,1H3. The molecule has 1 fully saturated rings. The molecule has 2 rings (SSSR count). The minimum absolute atomic E-state index is 0.0235. The number of non-ortho nitro benzene ring substituents is 1. The van der Waals surface area contributed by atoms with Gasteiger partial charge in [-0.3, -0.25) is 10.1 Å². The second-order valence-electron chi connectivity index (χ2n) is 4.54. The van der Waals surface area contributed by atoms with Crippen LogP contribution in [0.5, 0.6) is 5.75 Å². The molecule has 19 heavy (non-hydrogen) atoms. The second kappa shape index (κ2) is 5.69. The predicted molar refractivity (Wildman–Crippen MR) is 70.7 cm³/mol. The van der Waals surface area contributed by atoms with E-state index in [9.17, 15) is 14.9 Å². The SMILES string of the molecule is COc1cc(N2CCCCC2C=O)cc([N+](=O)[O-])c1. The molecule has 6 nitrogen and oxygen atoms in total. The van der Waals surface area contributed by atoms with Gasteiger partial charge in [-0.2, -0.15) is 0 Å². The maximum absolute atomic E-state index is 11.1. The van der Waals surface area contributed by atoms with Gasteiger partial charge in [0, 0.05) is 24.4 Å². The lowest BCUT2D eigenvalue weighted by atomic mass is 10.0. The van der Waals surface area contributed by atoms with E-state index in [1.165, 1.54) is 19.2 Å². The fraction of sp³-hybridized carbons (Fsp3) is 0.462. The van der Waals surface area contributed by atoms with Crippen molar-refractivity contribution in [3.63, 3.8) is 0 Å². The van der Waals surface area contributed by atoms with Gasteiger partial charge >= 0.3 is 0 Å². The molecule has 1 atom stereocenters. The summed E-state index contributed by atoms with van der Waals surface area (Å²) in [6.45, 7) is 0.730. The number of anilines is 1. The third kappa shape index (κ3) is 2.83. The Morgan fingerprint density at radius 2 is 2.21 bits per heavy atom. The van der Waals surface area contributed by atoms with Crippen molar-refractivity contribution in [3.8, 4) is 5.75 Å². The fourth-order valence-corrected chi connectivity index (χ4v) is 2.38. The topological polar surface area (TPSA) is 72.7 Å². The molecule has 1 aromatic carbocycles. The molecule has 0 aliphatic carbocycles. The van der Waals surface area contributed by atoms with E-state index in [4.69, 9.17) is 4.74 Å². The van der Waals surface area contributed by atoms with E-state index in [-0.39, 0.29) is 11.7 Å². The van der Waals surface area contributed by atoms with E-state index in [1.807, 2.05) is 4.90 Å². The van der Waals surface area contributed by atoms with E-state index >= 15 is 0 Å². The molecule has 1 aromatic rings. The van der Waals surface area contributed by atoms with Crippen LogP contribution in [0.3, 0.4) is 0 Å². The zero-order valence-corrected chi connectivity index (χ0v) is 10.7. The van der Waals surface area contributed by atoms with Gasteiger partial charge < -0.3 is 14.4 Å². The quantitative estimate of drug-likeness (QED) is 0.473. The van der Waals surface area contributed by atoms with Gasteiger partial charge in [0.25, 0.3) is 5.69 Å². The van der Waals surface area contributed by atoms with Gasteiger partial charge in [0.2, 0.25) is 0 Å². The van der Waals surface area contributed by atoms with Gasteiger partial charge in [-0.25, -0.2) is 0 Å². The number of methoxy groups -OCH3 is 1. The van der Waals surface area contributed by atoms with Crippen molar-refractivity contribution in [2.75, 3.05) is 18.6 Å². The Morgan fingerprint density at radius 3 is 2.84 bits per heavy atom. The van der Waals surface area contributed by atoms with Crippen LogP contribution in [-0.4, -0.2) is 30.9 Å². The van der Waals surface area contributed by atoms with Crippen LogP contribution >= 0.6 is 0 Å². The molecular formula is C13H16N2O4. The number of carbonyl (C=O) groups is 1.